The normalized spacial score (nSPS) is 14.0. The predicted molar refractivity (Wildman–Crippen MR) is 99.8 cm³/mol. The summed E-state index contributed by atoms with van der Waals surface area (Å²) in [6, 6.07) is 15.8. The van der Waals surface area contributed by atoms with E-state index in [4.69, 9.17) is 4.52 Å². The van der Waals surface area contributed by atoms with Gasteiger partial charge in [0, 0.05) is 18.5 Å². The first-order chi connectivity index (χ1) is 12.7. The second-order valence-electron chi connectivity index (χ2n) is 6.40. The fourth-order valence-corrected chi connectivity index (χ4v) is 3.16. The van der Waals surface area contributed by atoms with Crippen molar-refractivity contribution in [1.82, 2.24) is 10.1 Å². The zero-order chi connectivity index (χ0) is 17.9. The van der Waals surface area contributed by atoms with E-state index in [0.29, 0.717) is 24.7 Å². The second kappa shape index (κ2) is 7.00. The Morgan fingerprint density at radius 1 is 1.19 bits per heavy atom. The molecule has 0 radical (unpaired) electrons. The number of amides is 1. The van der Waals surface area contributed by atoms with Crippen molar-refractivity contribution in [2.75, 3.05) is 16.8 Å². The van der Waals surface area contributed by atoms with E-state index < -0.39 is 0 Å². The lowest BCUT2D eigenvalue weighted by Gasteiger charge is -2.19. The molecule has 4 rings (SSSR count). The summed E-state index contributed by atoms with van der Waals surface area (Å²) in [7, 11) is 0. The van der Waals surface area contributed by atoms with Gasteiger partial charge in [-0.15, -0.1) is 0 Å². The van der Waals surface area contributed by atoms with E-state index in [-0.39, 0.29) is 5.91 Å². The Bertz CT molecular complexity index is 935. The van der Waals surface area contributed by atoms with Gasteiger partial charge in [0.05, 0.1) is 17.9 Å². The monoisotopic (exact) mass is 348 g/mol. The first-order valence-corrected chi connectivity index (χ1v) is 8.73. The van der Waals surface area contributed by atoms with Gasteiger partial charge in [0.1, 0.15) is 0 Å². The molecule has 0 saturated carbocycles. The molecular weight excluding hydrogens is 328 g/mol. The van der Waals surface area contributed by atoms with Gasteiger partial charge in [0.15, 0.2) is 0 Å². The summed E-state index contributed by atoms with van der Waals surface area (Å²) < 4.78 is 5.36. The average Bonchev–Trinajstić information content (AvgIpc) is 3.29. The van der Waals surface area contributed by atoms with Gasteiger partial charge in [-0.3, -0.25) is 4.79 Å². The molecule has 1 saturated heterocycles. The molecule has 0 bridgehead atoms. The molecule has 1 aliphatic heterocycles. The minimum Gasteiger partial charge on any atom is -0.374 e. The van der Waals surface area contributed by atoms with Crippen molar-refractivity contribution in [2.45, 2.75) is 26.3 Å². The number of carbonyl (C=O) groups is 1. The summed E-state index contributed by atoms with van der Waals surface area (Å²) in [5.74, 6) is 1.25. The third kappa shape index (κ3) is 3.31. The molecule has 1 aromatic heterocycles. The number of hydrogen-bond donors (Lipinski definition) is 1. The van der Waals surface area contributed by atoms with Crippen molar-refractivity contribution in [3.05, 3.63) is 60.0 Å². The Labute approximate surface area is 151 Å². The van der Waals surface area contributed by atoms with Crippen molar-refractivity contribution in [2.24, 2.45) is 0 Å². The van der Waals surface area contributed by atoms with Crippen molar-refractivity contribution in [3.8, 4) is 11.4 Å². The Morgan fingerprint density at radius 2 is 2.08 bits per heavy atom. The van der Waals surface area contributed by atoms with Crippen LogP contribution in [0.4, 0.5) is 11.4 Å². The Hall–Kier alpha value is -3.15. The molecule has 2 heterocycles. The van der Waals surface area contributed by atoms with Gasteiger partial charge in [0.2, 0.25) is 17.6 Å². The summed E-state index contributed by atoms with van der Waals surface area (Å²) in [4.78, 5) is 18.3. The van der Waals surface area contributed by atoms with Crippen LogP contribution in [0.2, 0.25) is 0 Å². The van der Waals surface area contributed by atoms with Crippen LogP contribution in [-0.4, -0.2) is 22.6 Å². The number of aromatic nitrogens is 2. The molecule has 0 aliphatic carbocycles. The minimum absolute atomic E-state index is 0.166. The van der Waals surface area contributed by atoms with Gasteiger partial charge in [-0.1, -0.05) is 41.1 Å². The quantitative estimate of drug-likeness (QED) is 0.760. The summed E-state index contributed by atoms with van der Waals surface area (Å²) in [6.45, 7) is 3.19. The van der Waals surface area contributed by atoms with Crippen molar-refractivity contribution in [3.63, 3.8) is 0 Å². The molecule has 3 aromatic rings. The van der Waals surface area contributed by atoms with Crippen molar-refractivity contribution < 1.29 is 9.32 Å². The molecule has 26 heavy (non-hydrogen) atoms. The lowest BCUT2D eigenvalue weighted by atomic mass is 10.1. The molecule has 0 unspecified atom stereocenters. The van der Waals surface area contributed by atoms with Crippen molar-refractivity contribution in [1.29, 1.82) is 0 Å². The smallest absolute Gasteiger partial charge is 0.246 e. The molecular formula is C20H20N4O2. The number of nitrogens with zero attached hydrogens (tertiary/aromatic N) is 3. The van der Waals surface area contributed by atoms with Crippen LogP contribution in [0.3, 0.4) is 0 Å². The first kappa shape index (κ1) is 16.3. The number of hydrogen-bond acceptors (Lipinski definition) is 5. The van der Waals surface area contributed by atoms with Crippen LogP contribution in [0, 0.1) is 6.92 Å². The van der Waals surface area contributed by atoms with Crippen LogP contribution in [-0.2, 0) is 11.3 Å². The maximum atomic E-state index is 12.0. The standard InChI is InChI=1S/C20H20N4O2/c1-14-6-4-7-15(12-14)20-22-18(26-23-20)13-21-16-8-2-3-9-17(16)24-11-5-10-19(24)25/h2-4,6-9,12,21H,5,10-11,13H2,1H3. The summed E-state index contributed by atoms with van der Waals surface area (Å²) in [5.41, 5.74) is 3.87. The lowest BCUT2D eigenvalue weighted by Crippen LogP contribution is -2.24. The first-order valence-electron chi connectivity index (χ1n) is 8.73. The summed E-state index contributed by atoms with van der Waals surface area (Å²) in [5, 5.41) is 7.37. The number of nitrogens with one attached hydrogen (secondary N) is 1. The van der Waals surface area contributed by atoms with Gasteiger partial charge < -0.3 is 14.7 Å². The van der Waals surface area contributed by atoms with Gasteiger partial charge >= 0.3 is 0 Å². The number of carbonyl (C=O) groups excluding carboxylic acids is 1. The maximum absolute atomic E-state index is 12.0. The number of aryl methyl sites for hydroxylation is 1. The van der Waals surface area contributed by atoms with E-state index in [0.717, 1.165) is 35.5 Å². The summed E-state index contributed by atoms with van der Waals surface area (Å²) in [6.07, 6.45) is 1.51. The molecule has 132 valence electrons. The highest BCUT2D eigenvalue weighted by Crippen LogP contribution is 2.29. The zero-order valence-corrected chi connectivity index (χ0v) is 14.6. The van der Waals surface area contributed by atoms with Crippen LogP contribution in [0.5, 0.6) is 0 Å². The molecule has 1 N–H and O–H groups in total. The van der Waals surface area contributed by atoms with Gasteiger partial charge in [-0.25, -0.2) is 0 Å². The van der Waals surface area contributed by atoms with E-state index >= 15 is 0 Å². The van der Waals surface area contributed by atoms with Crippen LogP contribution in [0.15, 0.2) is 53.1 Å². The molecule has 2 aromatic carbocycles. The van der Waals surface area contributed by atoms with E-state index in [1.54, 1.807) is 0 Å². The fraction of sp³-hybridized carbons (Fsp3) is 0.250. The fourth-order valence-electron chi connectivity index (χ4n) is 3.16. The number of anilines is 2. The van der Waals surface area contributed by atoms with Crippen LogP contribution < -0.4 is 10.2 Å². The minimum atomic E-state index is 0.166. The molecule has 1 fully saturated rings. The van der Waals surface area contributed by atoms with Crippen LogP contribution in [0.25, 0.3) is 11.4 Å². The maximum Gasteiger partial charge on any atom is 0.246 e. The Balaban J connectivity index is 1.49. The van der Waals surface area contributed by atoms with E-state index in [9.17, 15) is 4.79 Å². The highest BCUT2D eigenvalue weighted by molar-refractivity contribution is 5.98. The molecule has 0 spiro atoms. The number of benzene rings is 2. The second-order valence-corrected chi connectivity index (χ2v) is 6.40. The molecule has 1 amide bonds. The molecule has 6 nitrogen and oxygen atoms in total. The molecule has 0 atom stereocenters. The number of rotatable bonds is 5. The number of para-hydroxylation sites is 2. The van der Waals surface area contributed by atoms with Gasteiger partial charge in [0.25, 0.3) is 0 Å². The highest BCUT2D eigenvalue weighted by atomic mass is 16.5. The third-order valence-electron chi connectivity index (χ3n) is 4.44. The highest BCUT2D eigenvalue weighted by Gasteiger charge is 2.23. The SMILES string of the molecule is Cc1cccc(-c2noc(CNc3ccccc3N3CCCC3=O)n2)c1. The third-order valence-corrected chi connectivity index (χ3v) is 4.44. The topological polar surface area (TPSA) is 71.3 Å². The largest absolute Gasteiger partial charge is 0.374 e. The average molecular weight is 348 g/mol. The van der Waals surface area contributed by atoms with Crippen LogP contribution in [0.1, 0.15) is 24.3 Å². The van der Waals surface area contributed by atoms with Crippen molar-refractivity contribution >= 4 is 17.3 Å². The summed E-state index contributed by atoms with van der Waals surface area (Å²) >= 11 is 0. The van der Waals surface area contributed by atoms with E-state index in [1.165, 1.54) is 0 Å². The molecule has 1 aliphatic rings. The Morgan fingerprint density at radius 3 is 2.88 bits per heavy atom. The van der Waals surface area contributed by atoms with Gasteiger partial charge in [-0.2, -0.15) is 4.98 Å². The van der Waals surface area contributed by atoms with E-state index in [2.05, 4.69) is 15.5 Å². The predicted octanol–water partition coefficient (Wildman–Crippen LogP) is 3.78. The van der Waals surface area contributed by atoms with Crippen LogP contribution >= 0.6 is 0 Å². The van der Waals surface area contributed by atoms with Gasteiger partial charge in [-0.05, 0) is 31.5 Å². The van der Waals surface area contributed by atoms with E-state index in [1.807, 2.05) is 60.4 Å². The molecule has 6 heteroatoms. The zero-order valence-electron chi connectivity index (χ0n) is 14.6. The lowest BCUT2D eigenvalue weighted by molar-refractivity contribution is -0.117. The Kier molecular flexibility index (Phi) is 4.39.